The molecule has 0 radical (unpaired) electrons. The molecule has 6 nitrogen and oxygen atoms in total. The number of fused-ring (bicyclic) bond motifs is 1. The van der Waals surface area contributed by atoms with E-state index >= 15 is 0 Å². The van der Waals surface area contributed by atoms with Crippen molar-refractivity contribution < 1.29 is 0 Å². The van der Waals surface area contributed by atoms with Crippen LogP contribution < -0.4 is 11.2 Å². The van der Waals surface area contributed by atoms with Crippen LogP contribution in [0.2, 0.25) is 0 Å². The number of aromatic nitrogens is 4. The number of imidazole rings is 1. The monoisotopic (exact) mass is 366 g/mol. The number of hydrogen-bond acceptors (Lipinski definition) is 3. The van der Waals surface area contributed by atoms with E-state index in [1.165, 1.54) is 4.57 Å². The summed E-state index contributed by atoms with van der Waals surface area (Å²) in [5.41, 5.74) is 2.55. The number of benzene rings is 1. The van der Waals surface area contributed by atoms with Crippen molar-refractivity contribution in [1.82, 2.24) is 18.7 Å². The minimum absolute atomic E-state index is 0.267. The van der Waals surface area contributed by atoms with Crippen LogP contribution >= 0.6 is 0 Å². The Bertz CT molecular complexity index is 1100. The maximum atomic E-state index is 13.0. The van der Waals surface area contributed by atoms with Gasteiger partial charge in [0.05, 0.1) is 0 Å². The number of aryl methyl sites for hydroxylation is 2. The summed E-state index contributed by atoms with van der Waals surface area (Å²) in [7, 11) is 1.83. The molecule has 6 heteroatoms. The Balaban J connectivity index is 2.27. The van der Waals surface area contributed by atoms with E-state index < -0.39 is 0 Å². The predicted octanol–water partition coefficient (Wildman–Crippen LogP) is 3.28. The highest BCUT2D eigenvalue weighted by molar-refractivity contribution is 5.82. The molecule has 0 bridgehead atoms. The third kappa shape index (κ3) is 3.39. The summed E-state index contributed by atoms with van der Waals surface area (Å²) in [6.07, 6.45) is 3.48. The highest BCUT2D eigenvalue weighted by atomic mass is 16.2. The molecule has 3 aromatic rings. The van der Waals surface area contributed by atoms with E-state index in [9.17, 15) is 9.59 Å². The van der Waals surface area contributed by atoms with E-state index in [0.717, 1.165) is 24.0 Å². The largest absolute Gasteiger partial charge is 0.332 e. The molecular formula is C21H26N4O2. The predicted molar refractivity (Wildman–Crippen MR) is 110 cm³/mol. The number of hydrogen-bond donors (Lipinski definition) is 0. The summed E-state index contributed by atoms with van der Waals surface area (Å²) in [4.78, 5) is 30.4. The summed E-state index contributed by atoms with van der Waals surface area (Å²) in [5, 5.41) is 0. The maximum absolute atomic E-state index is 13.0. The summed E-state index contributed by atoms with van der Waals surface area (Å²) < 4.78 is 4.75. The maximum Gasteiger partial charge on any atom is 0.332 e. The van der Waals surface area contributed by atoms with Crippen LogP contribution in [0.4, 0.5) is 0 Å². The van der Waals surface area contributed by atoms with Gasteiger partial charge in [0.1, 0.15) is 5.82 Å². The lowest BCUT2D eigenvalue weighted by Crippen LogP contribution is -2.40. The first-order chi connectivity index (χ1) is 13.0. The van der Waals surface area contributed by atoms with E-state index in [1.54, 1.807) is 9.13 Å². The fraction of sp³-hybridized carbons (Fsp3) is 0.381. The van der Waals surface area contributed by atoms with E-state index in [4.69, 9.17) is 0 Å². The standard InChI is InChI=1S/C21H26N4O2/c1-5-12-24-19-18(20(26)25(13-6-2)21(24)27)23(4)17(22-19)14-15(3)16-10-8-7-9-11-16/h7-11,14H,5-6,12-13H2,1-4H3/b15-14+. The van der Waals surface area contributed by atoms with Crippen molar-refractivity contribution in [3.63, 3.8) is 0 Å². The Morgan fingerprint density at radius 2 is 1.67 bits per heavy atom. The van der Waals surface area contributed by atoms with Crippen molar-refractivity contribution in [1.29, 1.82) is 0 Å². The molecule has 0 spiro atoms. The molecule has 2 heterocycles. The second kappa shape index (κ2) is 7.78. The van der Waals surface area contributed by atoms with Crippen molar-refractivity contribution in [2.45, 2.75) is 46.7 Å². The molecule has 0 fully saturated rings. The van der Waals surface area contributed by atoms with Gasteiger partial charge in [-0.1, -0.05) is 44.2 Å². The van der Waals surface area contributed by atoms with Crippen molar-refractivity contribution >= 4 is 22.8 Å². The van der Waals surface area contributed by atoms with Crippen molar-refractivity contribution in [2.75, 3.05) is 0 Å². The van der Waals surface area contributed by atoms with Gasteiger partial charge in [-0.25, -0.2) is 9.78 Å². The first-order valence-electron chi connectivity index (χ1n) is 9.43. The molecule has 0 unspecified atom stereocenters. The lowest BCUT2D eigenvalue weighted by molar-refractivity contribution is 0.554. The summed E-state index contributed by atoms with van der Waals surface area (Å²) >= 11 is 0. The Morgan fingerprint density at radius 1 is 1.04 bits per heavy atom. The molecule has 2 aromatic heterocycles. The normalized spacial score (nSPS) is 12.1. The van der Waals surface area contributed by atoms with Gasteiger partial charge in [-0.05, 0) is 37.0 Å². The van der Waals surface area contributed by atoms with Crippen molar-refractivity contribution in [3.05, 3.63) is 62.6 Å². The van der Waals surface area contributed by atoms with Crippen LogP contribution in [-0.4, -0.2) is 18.7 Å². The summed E-state index contributed by atoms with van der Waals surface area (Å²) in [6, 6.07) is 10.0. The van der Waals surface area contributed by atoms with Gasteiger partial charge in [-0.3, -0.25) is 13.9 Å². The molecule has 0 aliphatic heterocycles. The van der Waals surface area contributed by atoms with Gasteiger partial charge in [0.2, 0.25) is 0 Å². The summed E-state index contributed by atoms with van der Waals surface area (Å²) in [5.74, 6) is 0.668. The van der Waals surface area contributed by atoms with E-state index in [1.807, 2.05) is 64.2 Å². The van der Waals surface area contributed by atoms with Gasteiger partial charge in [-0.2, -0.15) is 0 Å². The van der Waals surface area contributed by atoms with Crippen molar-refractivity contribution in [3.8, 4) is 0 Å². The molecular weight excluding hydrogens is 340 g/mol. The minimum atomic E-state index is -0.274. The molecule has 0 saturated heterocycles. The Morgan fingerprint density at radius 3 is 2.30 bits per heavy atom. The zero-order valence-electron chi connectivity index (χ0n) is 16.4. The lowest BCUT2D eigenvalue weighted by atomic mass is 10.1. The summed E-state index contributed by atoms with van der Waals surface area (Å²) in [6.45, 7) is 6.94. The first-order valence-corrected chi connectivity index (χ1v) is 9.43. The molecule has 3 rings (SSSR count). The van der Waals surface area contributed by atoms with E-state index in [0.29, 0.717) is 30.1 Å². The van der Waals surface area contributed by atoms with Gasteiger partial charge < -0.3 is 4.57 Å². The third-order valence-corrected chi connectivity index (χ3v) is 4.75. The molecule has 0 aliphatic carbocycles. The quantitative estimate of drug-likeness (QED) is 0.673. The second-order valence-corrected chi connectivity index (χ2v) is 6.79. The lowest BCUT2D eigenvalue weighted by Gasteiger charge is -2.10. The third-order valence-electron chi connectivity index (χ3n) is 4.75. The molecule has 1 aromatic carbocycles. The fourth-order valence-electron chi connectivity index (χ4n) is 3.33. The van der Waals surface area contributed by atoms with Crippen LogP contribution in [0.3, 0.4) is 0 Å². The van der Waals surface area contributed by atoms with Crippen LogP contribution in [0.5, 0.6) is 0 Å². The molecule has 0 atom stereocenters. The molecule has 0 N–H and O–H groups in total. The van der Waals surface area contributed by atoms with Gasteiger partial charge in [-0.15, -0.1) is 0 Å². The number of nitrogens with zero attached hydrogens (tertiary/aromatic N) is 4. The fourth-order valence-corrected chi connectivity index (χ4v) is 3.33. The number of rotatable bonds is 6. The van der Waals surface area contributed by atoms with Crippen LogP contribution in [0, 0.1) is 0 Å². The molecule has 0 aliphatic rings. The Hall–Kier alpha value is -2.89. The highest BCUT2D eigenvalue weighted by Gasteiger charge is 2.18. The number of allylic oxidation sites excluding steroid dienone is 1. The molecule has 27 heavy (non-hydrogen) atoms. The first kappa shape index (κ1) is 18.9. The molecule has 0 amide bonds. The average Bonchev–Trinajstić information content (AvgIpc) is 2.99. The van der Waals surface area contributed by atoms with Gasteiger partial charge in [0, 0.05) is 20.1 Å². The van der Waals surface area contributed by atoms with Crippen LogP contribution in [0.15, 0.2) is 39.9 Å². The smallest absolute Gasteiger partial charge is 0.322 e. The Labute approximate surface area is 158 Å². The minimum Gasteiger partial charge on any atom is -0.322 e. The van der Waals surface area contributed by atoms with Gasteiger partial charge in [0.15, 0.2) is 11.2 Å². The van der Waals surface area contributed by atoms with Gasteiger partial charge in [0.25, 0.3) is 5.56 Å². The van der Waals surface area contributed by atoms with E-state index in [-0.39, 0.29) is 11.2 Å². The zero-order chi connectivity index (χ0) is 19.6. The van der Waals surface area contributed by atoms with Crippen molar-refractivity contribution in [2.24, 2.45) is 7.05 Å². The SMILES string of the molecule is CCCn1c(=O)c2c(nc(/C=C(\C)c3ccccc3)n2C)n(CCC)c1=O. The Kier molecular flexibility index (Phi) is 5.44. The molecule has 0 saturated carbocycles. The van der Waals surface area contributed by atoms with Crippen LogP contribution in [0.25, 0.3) is 22.8 Å². The van der Waals surface area contributed by atoms with Gasteiger partial charge >= 0.3 is 5.69 Å². The zero-order valence-corrected chi connectivity index (χ0v) is 16.4. The van der Waals surface area contributed by atoms with E-state index in [2.05, 4.69) is 4.98 Å². The van der Waals surface area contributed by atoms with Crippen LogP contribution in [-0.2, 0) is 20.1 Å². The highest BCUT2D eigenvalue weighted by Crippen LogP contribution is 2.19. The topological polar surface area (TPSA) is 61.8 Å². The van der Waals surface area contributed by atoms with Crippen LogP contribution in [0.1, 0.15) is 45.0 Å². The second-order valence-electron chi connectivity index (χ2n) is 6.79. The average molecular weight is 366 g/mol. The molecule has 142 valence electrons.